The van der Waals surface area contributed by atoms with Crippen LogP contribution in [0.1, 0.15) is 107 Å². The summed E-state index contributed by atoms with van der Waals surface area (Å²) in [6.45, 7) is 15.6. The summed E-state index contributed by atoms with van der Waals surface area (Å²) in [5.41, 5.74) is -3.53. The number of hydrogen-bond donors (Lipinski definition) is 2. The van der Waals surface area contributed by atoms with Gasteiger partial charge in [-0.2, -0.15) is 0 Å². The number of Topliss-reactive ketones (excluding diaryl/α,β-unsaturated/α-hetero) is 2. The second-order valence-corrected chi connectivity index (χ2v) is 14.0. The van der Waals surface area contributed by atoms with Gasteiger partial charge in [-0.25, -0.2) is 0 Å². The molecule has 0 bridgehead atoms. The van der Waals surface area contributed by atoms with Crippen molar-refractivity contribution < 1.29 is 29.0 Å². The van der Waals surface area contributed by atoms with E-state index in [0.29, 0.717) is 36.3 Å². The van der Waals surface area contributed by atoms with Crippen molar-refractivity contribution in [2.45, 2.75) is 125 Å². The Morgan fingerprint density at radius 3 is 2.29 bits per heavy atom. The molecule has 1 aliphatic heterocycles. The quantitative estimate of drug-likeness (QED) is 0.293. The molecule has 1 amide bonds. The van der Waals surface area contributed by atoms with Crippen LogP contribution in [0.5, 0.6) is 0 Å². The van der Waals surface area contributed by atoms with E-state index in [1.54, 1.807) is 0 Å². The maximum atomic E-state index is 14.2. The zero-order valence-electron chi connectivity index (χ0n) is 24.5. The Balaban J connectivity index is 1.79. The lowest BCUT2D eigenvalue weighted by atomic mass is 9.47. The summed E-state index contributed by atoms with van der Waals surface area (Å²) in [7, 11) is 0. The van der Waals surface area contributed by atoms with Gasteiger partial charge in [-0.15, -0.1) is 0 Å². The topological polar surface area (TPSA) is 110 Å². The first-order valence-corrected chi connectivity index (χ1v) is 14.5. The van der Waals surface area contributed by atoms with Crippen LogP contribution < -0.4 is 5.32 Å². The van der Waals surface area contributed by atoms with Crippen LogP contribution in [-0.4, -0.2) is 46.3 Å². The molecule has 0 saturated heterocycles. The Kier molecular flexibility index (Phi) is 7.29. The molecule has 38 heavy (non-hydrogen) atoms. The minimum absolute atomic E-state index is 0.00219. The molecule has 7 heteroatoms. The highest BCUT2D eigenvalue weighted by Crippen LogP contribution is 2.66. The second-order valence-electron chi connectivity index (χ2n) is 14.0. The Labute approximate surface area is 227 Å². The number of nitrogens with one attached hydrogen (secondary N) is 1. The molecular weight excluding hydrogens is 482 g/mol. The number of aliphatic hydroxyl groups is 1. The van der Waals surface area contributed by atoms with Gasteiger partial charge in [0.1, 0.15) is 6.10 Å². The summed E-state index contributed by atoms with van der Waals surface area (Å²) < 4.78 is 5.60. The summed E-state index contributed by atoms with van der Waals surface area (Å²) in [5, 5.41) is 15.5. The van der Waals surface area contributed by atoms with Crippen LogP contribution in [0.3, 0.4) is 0 Å². The van der Waals surface area contributed by atoms with E-state index < -0.39 is 51.5 Å². The number of amides is 1. The average molecular weight is 530 g/mol. The van der Waals surface area contributed by atoms with Crippen molar-refractivity contribution in [2.24, 2.45) is 34.0 Å². The molecule has 0 aromatic rings. The zero-order valence-corrected chi connectivity index (χ0v) is 24.5. The highest BCUT2D eigenvalue weighted by Gasteiger charge is 2.75. The number of esters is 1. The number of hydrogen-bond acceptors (Lipinski definition) is 6. The maximum absolute atomic E-state index is 14.2. The lowest BCUT2D eigenvalue weighted by molar-refractivity contribution is -0.176. The molecule has 3 aliphatic carbocycles. The van der Waals surface area contributed by atoms with Gasteiger partial charge in [0, 0.05) is 29.6 Å². The fourth-order valence-electron chi connectivity index (χ4n) is 8.68. The van der Waals surface area contributed by atoms with Crippen molar-refractivity contribution in [3.8, 4) is 0 Å². The lowest BCUT2D eigenvalue weighted by Gasteiger charge is -2.57. The van der Waals surface area contributed by atoms with E-state index in [2.05, 4.69) is 26.1 Å². The fourth-order valence-corrected chi connectivity index (χ4v) is 8.68. The molecule has 2 fully saturated rings. The van der Waals surface area contributed by atoms with Crippen molar-refractivity contribution in [3.63, 3.8) is 0 Å². The predicted octanol–water partition coefficient (Wildman–Crippen LogP) is 4.69. The van der Waals surface area contributed by atoms with E-state index >= 15 is 0 Å². The Morgan fingerprint density at radius 1 is 1.03 bits per heavy atom. The molecule has 1 heterocycles. The summed E-state index contributed by atoms with van der Waals surface area (Å²) in [4.78, 5) is 53.6. The second kappa shape index (κ2) is 9.57. The van der Waals surface area contributed by atoms with Gasteiger partial charge in [-0.05, 0) is 54.6 Å². The molecule has 0 aromatic carbocycles. The van der Waals surface area contributed by atoms with Gasteiger partial charge in [0.25, 0.3) is 0 Å². The van der Waals surface area contributed by atoms with Gasteiger partial charge < -0.3 is 15.2 Å². The smallest absolute Gasteiger partial charge is 0.302 e. The van der Waals surface area contributed by atoms with Crippen LogP contribution in [0.2, 0.25) is 0 Å². The van der Waals surface area contributed by atoms with E-state index in [9.17, 15) is 24.3 Å². The minimum Gasteiger partial charge on any atom is -0.462 e. The fraction of sp³-hybridized carbons (Fsp3) is 0.806. The third kappa shape index (κ3) is 4.01. The first kappa shape index (κ1) is 29.0. The first-order valence-electron chi connectivity index (χ1n) is 14.5. The number of rotatable bonds is 6. The third-order valence-electron chi connectivity index (χ3n) is 11.1. The summed E-state index contributed by atoms with van der Waals surface area (Å²) in [5.74, 6) is -1.10. The molecule has 2 N–H and O–H groups in total. The van der Waals surface area contributed by atoms with Crippen LogP contribution in [-0.2, 0) is 23.9 Å². The number of carbonyl (C=O) groups excluding carboxylic acids is 4. The van der Waals surface area contributed by atoms with E-state index in [4.69, 9.17) is 4.74 Å². The van der Waals surface area contributed by atoms with Gasteiger partial charge in [-0.3, -0.25) is 19.2 Å². The van der Waals surface area contributed by atoms with Gasteiger partial charge in [0.05, 0.1) is 6.04 Å². The Morgan fingerprint density at radius 2 is 1.68 bits per heavy atom. The Bertz CT molecular complexity index is 1070. The normalized spacial score (nSPS) is 39.2. The van der Waals surface area contributed by atoms with Crippen LogP contribution in [0.15, 0.2) is 11.1 Å². The van der Waals surface area contributed by atoms with Crippen LogP contribution >= 0.6 is 0 Å². The molecule has 7 atom stereocenters. The van der Waals surface area contributed by atoms with Crippen molar-refractivity contribution in [3.05, 3.63) is 11.1 Å². The molecule has 4 aliphatic rings. The third-order valence-corrected chi connectivity index (χ3v) is 11.1. The monoisotopic (exact) mass is 529 g/mol. The van der Waals surface area contributed by atoms with Crippen molar-refractivity contribution in [1.29, 1.82) is 0 Å². The standard InChI is InChI=1S/C31H47NO6/c1-17(2)10-9-11-18(3)20-14-15-29(7)27-31(37,26(36)25(35)30(20,29)8)21-12-13-23(38-19(4)33)28(5,6)22(21)16-24(34)32-27/h17-18,20,23,27,37H,9-16H2,1-8H3,(H,32,34). The molecular formula is C31H47NO6. The number of ether oxygens (including phenoxy) is 1. The SMILES string of the molecule is CC(=O)OC1CCC2=C(CC(=O)NC3C2(O)C(=O)C(=O)C2(C)C(C(C)CCCC(C)C)CCC32C)C1(C)C. The number of carbonyl (C=O) groups is 4. The lowest BCUT2D eigenvalue weighted by Crippen LogP contribution is -2.75. The van der Waals surface area contributed by atoms with E-state index in [-0.39, 0.29) is 24.2 Å². The number of fused-ring (bicyclic) bond motifs is 4. The minimum atomic E-state index is -2.10. The molecule has 0 radical (unpaired) electrons. The van der Waals surface area contributed by atoms with Crippen molar-refractivity contribution >= 4 is 23.4 Å². The van der Waals surface area contributed by atoms with Gasteiger partial charge in [0.2, 0.25) is 17.5 Å². The van der Waals surface area contributed by atoms with Crippen molar-refractivity contribution in [1.82, 2.24) is 5.32 Å². The molecule has 0 aromatic heterocycles. The largest absolute Gasteiger partial charge is 0.462 e. The van der Waals surface area contributed by atoms with Gasteiger partial charge in [0.15, 0.2) is 5.60 Å². The van der Waals surface area contributed by atoms with E-state index in [1.165, 1.54) is 6.92 Å². The molecule has 7 unspecified atom stereocenters. The zero-order chi connectivity index (χ0) is 28.4. The highest BCUT2D eigenvalue weighted by atomic mass is 16.5. The molecule has 0 spiro atoms. The number of ketones is 2. The van der Waals surface area contributed by atoms with Gasteiger partial charge >= 0.3 is 5.97 Å². The maximum Gasteiger partial charge on any atom is 0.302 e. The average Bonchev–Trinajstić information content (AvgIpc) is 3.02. The van der Waals surface area contributed by atoms with Gasteiger partial charge in [-0.1, -0.05) is 67.7 Å². The molecule has 212 valence electrons. The summed E-state index contributed by atoms with van der Waals surface area (Å²) in [6.07, 6.45) is 4.84. The van der Waals surface area contributed by atoms with E-state index in [0.717, 1.165) is 25.7 Å². The molecule has 2 saturated carbocycles. The first-order chi connectivity index (χ1) is 17.5. The predicted molar refractivity (Wildman–Crippen MR) is 144 cm³/mol. The highest BCUT2D eigenvalue weighted by molar-refractivity contribution is 6.44. The van der Waals surface area contributed by atoms with Crippen LogP contribution in [0.25, 0.3) is 0 Å². The molecule has 4 rings (SSSR count). The summed E-state index contributed by atoms with van der Waals surface area (Å²) >= 11 is 0. The van der Waals surface area contributed by atoms with Crippen molar-refractivity contribution in [2.75, 3.05) is 0 Å². The summed E-state index contributed by atoms with van der Waals surface area (Å²) in [6, 6.07) is -0.890. The van der Waals surface area contributed by atoms with Crippen LogP contribution in [0, 0.1) is 34.0 Å². The van der Waals surface area contributed by atoms with E-state index in [1.807, 2.05) is 27.7 Å². The van der Waals surface area contributed by atoms with Crippen LogP contribution in [0.4, 0.5) is 0 Å². The molecule has 7 nitrogen and oxygen atoms in total. The Hall–Kier alpha value is -2.02.